The Bertz CT molecular complexity index is 565. The Labute approximate surface area is 132 Å². The van der Waals surface area contributed by atoms with Crippen LogP contribution in [0.25, 0.3) is 0 Å². The number of hydrogen-bond donors (Lipinski definition) is 0. The van der Waals surface area contributed by atoms with Crippen LogP contribution in [0.2, 0.25) is 0 Å². The first kappa shape index (κ1) is 15.4. The zero-order chi connectivity index (χ0) is 14.5. The summed E-state index contributed by atoms with van der Waals surface area (Å²) < 4.78 is 11.3. The topological polar surface area (TPSA) is 18.5 Å². The molecule has 2 aromatic rings. The van der Waals surface area contributed by atoms with E-state index in [0.29, 0.717) is 13.2 Å². The molecule has 1 atom stereocenters. The van der Waals surface area contributed by atoms with Crippen molar-refractivity contribution in [1.82, 2.24) is 0 Å². The Balaban J connectivity index is 2.32. The van der Waals surface area contributed by atoms with Gasteiger partial charge >= 0.3 is 0 Å². The molecule has 0 fully saturated rings. The third-order valence-corrected chi connectivity index (χ3v) is 4.93. The van der Waals surface area contributed by atoms with E-state index in [1.54, 1.807) is 11.3 Å². The Morgan fingerprint density at radius 3 is 2.40 bits per heavy atom. The normalized spacial score (nSPS) is 12.2. The van der Waals surface area contributed by atoms with Gasteiger partial charge in [-0.05, 0) is 60.4 Å². The largest absolute Gasteiger partial charge is 0.490 e. The van der Waals surface area contributed by atoms with Crippen LogP contribution in [-0.2, 0) is 0 Å². The maximum absolute atomic E-state index is 5.68. The molecular weight excluding hydrogens is 336 g/mol. The molecule has 2 rings (SSSR count). The van der Waals surface area contributed by atoms with Crippen molar-refractivity contribution in [2.24, 2.45) is 0 Å². The molecule has 4 heteroatoms. The van der Waals surface area contributed by atoms with Gasteiger partial charge in [-0.25, -0.2) is 0 Å². The lowest BCUT2D eigenvalue weighted by Gasteiger charge is -2.15. The van der Waals surface area contributed by atoms with Gasteiger partial charge in [-0.2, -0.15) is 11.3 Å². The van der Waals surface area contributed by atoms with Crippen LogP contribution in [0.1, 0.15) is 35.4 Å². The molecule has 0 N–H and O–H groups in total. The van der Waals surface area contributed by atoms with Gasteiger partial charge in [0.25, 0.3) is 0 Å². The highest BCUT2D eigenvalue weighted by Crippen LogP contribution is 2.38. The van der Waals surface area contributed by atoms with Gasteiger partial charge in [-0.1, -0.05) is 22.0 Å². The molecule has 0 amide bonds. The van der Waals surface area contributed by atoms with Crippen molar-refractivity contribution in [3.05, 3.63) is 45.6 Å². The fourth-order valence-electron chi connectivity index (χ4n) is 2.03. The van der Waals surface area contributed by atoms with Crippen LogP contribution >= 0.6 is 27.3 Å². The van der Waals surface area contributed by atoms with Crippen molar-refractivity contribution in [1.29, 1.82) is 0 Å². The monoisotopic (exact) mass is 354 g/mol. The number of halogens is 1. The molecule has 0 bridgehead atoms. The zero-order valence-electron chi connectivity index (χ0n) is 12.0. The lowest BCUT2D eigenvalue weighted by atomic mass is 10.0. The first-order chi connectivity index (χ1) is 9.67. The molecule has 0 aliphatic heterocycles. The average molecular weight is 355 g/mol. The van der Waals surface area contributed by atoms with Gasteiger partial charge in [0.2, 0.25) is 0 Å². The Morgan fingerprint density at radius 1 is 1.10 bits per heavy atom. The van der Waals surface area contributed by atoms with E-state index in [1.807, 2.05) is 19.9 Å². The Morgan fingerprint density at radius 2 is 1.80 bits per heavy atom. The third kappa shape index (κ3) is 3.36. The lowest BCUT2D eigenvalue weighted by Crippen LogP contribution is -2.00. The molecule has 1 aromatic heterocycles. The second kappa shape index (κ2) is 7.14. The summed E-state index contributed by atoms with van der Waals surface area (Å²) in [5.74, 6) is 1.61. The van der Waals surface area contributed by atoms with Crippen LogP contribution in [-0.4, -0.2) is 13.2 Å². The molecule has 1 heterocycles. The van der Waals surface area contributed by atoms with Crippen LogP contribution in [0, 0.1) is 6.92 Å². The number of rotatable bonds is 6. The second-order valence-corrected chi connectivity index (χ2v) is 6.10. The van der Waals surface area contributed by atoms with E-state index in [2.05, 4.69) is 45.7 Å². The smallest absolute Gasteiger partial charge is 0.161 e. The van der Waals surface area contributed by atoms with Crippen LogP contribution in [0.15, 0.2) is 29.0 Å². The van der Waals surface area contributed by atoms with E-state index < -0.39 is 0 Å². The van der Waals surface area contributed by atoms with Crippen molar-refractivity contribution < 1.29 is 9.47 Å². The molecule has 1 aromatic carbocycles. The van der Waals surface area contributed by atoms with Crippen molar-refractivity contribution in [3.8, 4) is 11.5 Å². The lowest BCUT2D eigenvalue weighted by molar-refractivity contribution is 0.287. The maximum Gasteiger partial charge on any atom is 0.161 e. The minimum atomic E-state index is 0.184. The molecule has 0 saturated carbocycles. The summed E-state index contributed by atoms with van der Waals surface area (Å²) in [6.45, 7) is 7.37. The summed E-state index contributed by atoms with van der Waals surface area (Å²) in [7, 11) is 0. The SMILES string of the molecule is CCOc1ccc(C(Br)c2cscc2C)cc1OCC. The van der Waals surface area contributed by atoms with Crippen molar-refractivity contribution in [3.63, 3.8) is 0 Å². The van der Waals surface area contributed by atoms with E-state index in [-0.39, 0.29) is 4.83 Å². The minimum absolute atomic E-state index is 0.184. The molecule has 108 valence electrons. The minimum Gasteiger partial charge on any atom is -0.490 e. The molecule has 20 heavy (non-hydrogen) atoms. The Kier molecular flexibility index (Phi) is 5.49. The predicted molar refractivity (Wildman–Crippen MR) is 88.6 cm³/mol. The summed E-state index contributed by atoms with van der Waals surface area (Å²) in [6, 6.07) is 6.13. The van der Waals surface area contributed by atoms with Gasteiger partial charge in [0.15, 0.2) is 11.5 Å². The zero-order valence-corrected chi connectivity index (χ0v) is 14.4. The summed E-state index contributed by atoms with van der Waals surface area (Å²) in [6.07, 6.45) is 0. The third-order valence-electron chi connectivity index (χ3n) is 3.03. The summed E-state index contributed by atoms with van der Waals surface area (Å²) in [5.41, 5.74) is 3.80. The van der Waals surface area contributed by atoms with Crippen molar-refractivity contribution in [2.75, 3.05) is 13.2 Å². The van der Waals surface area contributed by atoms with Gasteiger partial charge in [0.05, 0.1) is 18.0 Å². The average Bonchev–Trinajstić information content (AvgIpc) is 2.86. The van der Waals surface area contributed by atoms with E-state index in [9.17, 15) is 0 Å². The molecule has 0 spiro atoms. The number of hydrogen-bond acceptors (Lipinski definition) is 3. The second-order valence-electron chi connectivity index (χ2n) is 4.44. The van der Waals surface area contributed by atoms with Gasteiger partial charge < -0.3 is 9.47 Å². The van der Waals surface area contributed by atoms with E-state index >= 15 is 0 Å². The molecule has 0 saturated heterocycles. The molecule has 0 aliphatic rings. The van der Waals surface area contributed by atoms with E-state index in [4.69, 9.17) is 9.47 Å². The number of ether oxygens (including phenoxy) is 2. The number of thiophene rings is 1. The molecule has 0 radical (unpaired) electrons. The van der Waals surface area contributed by atoms with Crippen molar-refractivity contribution >= 4 is 27.3 Å². The van der Waals surface area contributed by atoms with Gasteiger partial charge in [0.1, 0.15) is 0 Å². The highest BCUT2D eigenvalue weighted by Gasteiger charge is 2.16. The van der Waals surface area contributed by atoms with Gasteiger partial charge in [-0.15, -0.1) is 0 Å². The summed E-state index contributed by atoms with van der Waals surface area (Å²) >= 11 is 5.51. The van der Waals surface area contributed by atoms with Crippen LogP contribution in [0.3, 0.4) is 0 Å². The van der Waals surface area contributed by atoms with Gasteiger partial charge in [0, 0.05) is 0 Å². The molecule has 0 aliphatic carbocycles. The fourth-order valence-corrected chi connectivity index (χ4v) is 3.86. The fraction of sp³-hybridized carbons (Fsp3) is 0.375. The number of alkyl halides is 1. The highest BCUT2D eigenvalue weighted by atomic mass is 79.9. The first-order valence-electron chi connectivity index (χ1n) is 6.73. The molecule has 1 unspecified atom stereocenters. The van der Waals surface area contributed by atoms with Crippen LogP contribution < -0.4 is 9.47 Å². The summed E-state index contributed by atoms with van der Waals surface area (Å²) in [5, 5.41) is 4.35. The summed E-state index contributed by atoms with van der Waals surface area (Å²) in [4.78, 5) is 0.184. The molecule has 2 nitrogen and oxygen atoms in total. The maximum atomic E-state index is 5.68. The number of aryl methyl sites for hydroxylation is 1. The van der Waals surface area contributed by atoms with Gasteiger partial charge in [-0.3, -0.25) is 0 Å². The van der Waals surface area contributed by atoms with Crippen LogP contribution in [0.5, 0.6) is 11.5 Å². The standard InChI is InChI=1S/C16H19BrO2S/c1-4-18-14-7-6-12(8-15(14)19-5-2)16(17)13-10-20-9-11(13)3/h6-10,16H,4-5H2,1-3H3. The van der Waals surface area contributed by atoms with E-state index in [0.717, 1.165) is 11.5 Å². The predicted octanol–water partition coefficient (Wildman–Crippen LogP) is 5.34. The van der Waals surface area contributed by atoms with E-state index in [1.165, 1.54) is 16.7 Å². The van der Waals surface area contributed by atoms with Crippen molar-refractivity contribution in [2.45, 2.75) is 25.6 Å². The highest BCUT2D eigenvalue weighted by molar-refractivity contribution is 9.09. The quantitative estimate of drug-likeness (QED) is 0.652. The molecular formula is C16H19BrO2S. The first-order valence-corrected chi connectivity index (χ1v) is 8.59. The Hall–Kier alpha value is -1.00. The number of benzene rings is 1. The van der Waals surface area contributed by atoms with Crippen LogP contribution in [0.4, 0.5) is 0 Å².